The van der Waals surface area contributed by atoms with Crippen LogP contribution in [0.1, 0.15) is 19.4 Å². The predicted octanol–water partition coefficient (Wildman–Crippen LogP) is 2.49. The molecule has 1 aromatic rings. The average molecular weight is 233 g/mol. The summed E-state index contributed by atoms with van der Waals surface area (Å²) in [7, 11) is 1.81. The highest BCUT2D eigenvalue weighted by Gasteiger charge is 2.30. The molecule has 3 nitrogen and oxygen atoms in total. The summed E-state index contributed by atoms with van der Waals surface area (Å²) in [5.41, 5.74) is 0.273. The van der Waals surface area contributed by atoms with Crippen LogP contribution in [0.15, 0.2) is 36.4 Å². The first-order chi connectivity index (χ1) is 7.94. The molecule has 1 aromatic carbocycles. The molecule has 1 N–H and O–H groups in total. The van der Waals surface area contributed by atoms with Crippen LogP contribution >= 0.6 is 0 Å². The van der Waals surface area contributed by atoms with E-state index in [-0.39, 0.29) is 0 Å². The third-order valence-corrected chi connectivity index (χ3v) is 2.97. The molecule has 1 rings (SSSR count). The summed E-state index contributed by atoms with van der Waals surface area (Å²) in [5.74, 6) is -0.812. The second kappa shape index (κ2) is 5.64. The van der Waals surface area contributed by atoms with E-state index in [9.17, 15) is 4.79 Å². The lowest BCUT2D eigenvalue weighted by atomic mass is 10.0. The van der Waals surface area contributed by atoms with Gasteiger partial charge in [-0.25, -0.2) is 0 Å². The number of hydrogen-bond donors (Lipinski definition) is 1. The van der Waals surface area contributed by atoms with Crippen molar-refractivity contribution in [1.29, 1.82) is 0 Å². The molecule has 92 valence electrons. The van der Waals surface area contributed by atoms with E-state index >= 15 is 0 Å². The Morgan fingerprint density at radius 1 is 1.35 bits per heavy atom. The minimum Gasteiger partial charge on any atom is -0.480 e. The van der Waals surface area contributed by atoms with Gasteiger partial charge in [-0.1, -0.05) is 42.5 Å². The molecule has 0 saturated carbocycles. The van der Waals surface area contributed by atoms with Gasteiger partial charge in [0.15, 0.2) is 0 Å². The first kappa shape index (κ1) is 13.5. The van der Waals surface area contributed by atoms with Crippen LogP contribution in [0.3, 0.4) is 0 Å². The van der Waals surface area contributed by atoms with Crippen molar-refractivity contribution in [3.05, 3.63) is 42.0 Å². The molecule has 0 spiro atoms. The highest BCUT2D eigenvalue weighted by molar-refractivity contribution is 5.77. The number of carboxylic acid groups (broad SMARTS) is 1. The molecule has 0 radical (unpaired) electrons. The highest BCUT2D eigenvalue weighted by Crippen LogP contribution is 2.12. The summed E-state index contributed by atoms with van der Waals surface area (Å²) < 4.78 is 0. The van der Waals surface area contributed by atoms with E-state index in [1.54, 1.807) is 18.7 Å². The maximum atomic E-state index is 11.0. The summed E-state index contributed by atoms with van der Waals surface area (Å²) in [6.07, 6.45) is 3.97. The van der Waals surface area contributed by atoms with Gasteiger partial charge in [0.05, 0.1) is 0 Å². The van der Waals surface area contributed by atoms with Crippen LogP contribution in [0.5, 0.6) is 0 Å². The monoisotopic (exact) mass is 233 g/mol. The van der Waals surface area contributed by atoms with Gasteiger partial charge in [-0.2, -0.15) is 0 Å². The molecule has 0 amide bonds. The summed E-state index contributed by atoms with van der Waals surface area (Å²) in [5, 5.41) is 9.06. The molecular formula is C14H19NO2. The lowest BCUT2D eigenvalue weighted by Gasteiger charge is -2.30. The van der Waals surface area contributed by atoms with Gasteiger partial charge in [0.1, 0.15) is 5.54 Å². The van der Waals surface area contributed by atoms with Crippen molar-refractivity contribution in [2.24, 2.45) is 0 Å². The van der Waals surface area contributed by atoms with Gasteiger partial charge >= 0.3 is 5.97 Å². The van der Waals surface area contributed by atoms with Crippen LogP contribution in [-0.2, 0) is 4.79 Å². The minimum atomic E-state index is -0.846. The molecule has 0 aliphatic rings. The van der Waals surface area contributed by atoms with E-state index in [4.69, 9.17) is 5.11 Å². The number of carboxylic acids is 1. The SMILES string of the molecule is CN(CC=Cc1ccccc1)C(C)(C)C(=O)O. The molecule has 0 aromatic heterocycles. The van der Waals surface area contributed by atoms with E-state index in [1.165, 1.54) is 0 Å². The van der Waals surface area contributed by atoms with Crippen molar-refractivity contribution in [3.8, 4) is 0 Å². The van der Waals surface area contributed by atoms with E-state index in [0.29, 0.717) is 6.54 Å². The van der Waals surface area contributed by atoms with Crippen LogP contribution in [0, 0.1) is 0 Å². The fraction of sp³-hybridized carbons (Fsp3) is 0.357. The number of benzene rings is 1. The van der Waals surface area contributed by atoms with Crippen molar-refractivity contribution in [3.63, 3.8) is 0 Å². The van der Waals surface area contributed by atoms with E-state index in [1.807, 2.05) is 49.5 Å². The standard InChI is InChI=1S/C14H19NO2/c1-14(2,13(16)17)15(3)11-7-10-12-8-5-4-6-9-12/h4-10H,11H2,1-3H3,(H,16,17). The largest absolute Gasteiger partial charge is 0.480 e. The number of rotatable bonds is 5. The Morgan fingerprint density at radius 3 is 2.47 bits per heavy atom. The molecule has 0 unspecified atom stereocenters. The van der Waals surface area contributed by atoms with Gasteiger partial charge in [-0.15, -0.1) is 0 Å². The number of likely N-dealkylation sites (N-methyl/N-ethyl adjacent to an activating group) is 1. The van der Waals surface area contributed by atoms with Crippen LogP contribution in [0.4, 0.5) is 0 Å². The zero-order valence-electron chi connectivity index (χ0n) is 10.6. The quantitative estimate of drug-likeness (QED) is 0.849. The number of hydrogen-bond acceptors (Lipinski definition) is 2. The Kier molecular flexibility index (Phi) is 4.46. The topological polar surface area (TPSA) is 40.5 Å². The summed E-state index contributed by atoms with van der Waals surface area (Å²) in [4.78, 5) is 12.8. The Balaban J connectivity index is 2.57. The minimum absolute atomic E-state index is 0.605. The fourth-order valence-electron chi connectivity index (χ4n) is 1.30. The van der Waals surface area contributed by atoms with E-state index in [2.05, 4.69) is 0 Å². The predicted molar refractivity (Wildman–Crippen MR) is 69.8 cm³/mol. The first-order valence-corrected chi connectivity index (χ1v) is 5.61. The summed E-state index contributed by atoms with van der Waals surface area (Å²) in [6.45, 7) is 4.01. The molecule has 17 heavy (non-hydrogen) atoms. The smallest absolute Gasteiger partial charge is 0.323 e. The third kappa shape index (κ3) is 3.71. The van der Waals surface area contributed by atoms with Crippen LogP contribution in [0.2, 0.25) is 0 Å². The maximum Gasteiger partial charge on any atom is 0.323 e. The van der Waals surface area contributed by atoms with Crippen LogP contribution < -0.4 is 0 Å². The summed E-state index contributed by atoms with van der Waals surface area (Å²) in [6, 6.07) is 9.95. The fourth-order valence-corrected chi connectivity index (χ4v) is 1.30. The van der Waals surface area contributed by atoms with Gasteiger partial charge in [0.2, 0.25) is 0 Å². The van der Waals surface area contributed by atoms with Gasteiger partial charge in [-0.05, 0) is 26.5 Å². The molecule has 0 fully saturated rings. The van der Waals surface area contributed by atoms with Gasteiger partial charge in [0.25, 0.3) is 0 Å². The van der Waals surface area contributed by atoms with Crippen molar-refractivity contribution >= 4 is 12.0 Å². The van der Waals surface area contributed by atoms with E-state index < -0.39 is 11.5 Å². The molecule has 0 atom stereocenters. The van der Waals surface area contributed by atoms with Crippen molar-refractivity contribution in [2.45, 2.75) is 19.4 Å². The first-order valence-electron chi connectivity index (χ1n) is 5.61. The normalized spacial score (nSPS) is 12.2. The number of carbonyl (C=O) groups is 1. The zero-order valence-corrected chi connectivity index (χ0v) is 10.6. The Morgan fingerprint density at radius 2 is 1.94 bits per heavy atom. The average Bonchev–Trinajstić information content (AvgIpc) is 2.30. The molecular weight excluding hydrogens is 214 g/mol. The molecule has 0 aliphatic heterocycles. The molecule has 0 heterocycles. The Labute approximate surface area is 102 Å². The Bertz CT molecular complexity index is 396. The highest BCUT2D eigenvalue weighted by atomic mass is 16.4. The van der Waals surface area contributed by atoms with Crippen LogP contribution in [0.25, 0.3) is 6.08 Å². The van der Waals surface area contributed by atoms with Crippen LogP contribution in [-0.4, -0.2) is 35.1 Å². The second-order valence-corrected chi connectivity index (χ2v) is 4.56. The van der Waals surface area contributed by atoms with Crippen molar-refractivity contribution in [1.82, 2.24) is 4.90 Å². The maximum absolute atomic E-state index is 11.0. The lowest BCUT2D eigenvalue weighted by Crippen LogP contribution is -2.47. The summed E-state index contributed by atoms with van der Waals surface area (Å²) >= 11 is 0. The molecule has 0 bridgehead atoms. The molecule has 3 heteroatoms. The van der Waals surface area contributed by atoms with Crippen molar-refractivity contribution in [2.75, 3.05) is 13.6 Å². The van der Waals surface area contributed by atoms with Gasteiger partial charge in [-0.3, -0.25) is 9.69 Å². The Hall–Kier alpha value is -1.61. The number of nitrogens with zero attached hydrogens (tertiary/aromatic N) is 1. The molecule has 0 saturated heterocycles. The second-order valence-electron chi connectivity index (χ2n) is 4.56. The lowest BCUT2D eigenvalue weighted by molar-refractivity contribution is -0.148. The molecule has 0 aliphatic carbocycles. The third-order valence-electron chi connectivity index (χ3n) is 2.97. The van der Waals surface area contributed by atoms with Gasteiger partial charge < -0.3 is 5.11 Å². The number of aliphatic carboxylic acids is 1. The van der Waals surface area contributed by atoms with E-state index in [0.717, 1.165) is 5.56 Å². The zero-order chi connectivity index (χ0) is 12.9. The van der Waals surface area contributed by atoms with Crippen molar-refractivity contribution < 1.29 is 9.90 Å². The van der Waals surface area contributed by atoms with Gasteiger partial charge in [0, 0.05) is 6.54 Å².